The Kier molecular flexibility index (Phi) is 4.83. The van der Waals surface area contributed by atoms with E-state index in [9.17, 15) is 13.2 Å². The van der Waals surface area contributed by atoms with Crippen LogP contribution < -0.4 is 9.62 Å². The van der Waals surface area contributed by atoms with Crippen LogP contribution in [0.4, 0.5) is 11.4 Å². The van der Waals surface area contributed by atoms with Gasteiger partial charge in [-0.3, -0.25) is 9.10 Å². The van der Waals surface area contributed by atoms with E-state index in [0.29, 0.717) is 29.9 Å². The lowest BCUT2D eigenvalue weighted by molar-refractivity contribution is 0.102. The highest BCUT2D eigenvalue weighted by Gasteiger charge is 2.26. The van der Waals surface area contributed by atoms with Crippen molar-refractivity contribution >= 4 is 27.3 Å². The standard InChI is InChI=1S/C20H21N5O3S/c1-3-24-13-21-23-19(24)15-5-4-6-17(12-15)22-20(26)16-7-8-18-14(11-16)9-10-25(18)29(2,27)28/h4-8,11-13H,3,9-10H2,1-2H3,(H,22,26). The molecule has 2 aromatic carbocycles. The van der Waals surface area contributed by atoms with Crippen molar-refractivity contribution in [3.05, 3.63) is 59.9 Å². The first-order valence-corrected chi connectivity index (χ1v) is 11.1. The van der Waals surface area contributed by atoms with E-state index in [-0.39, 0.29) is 5.91 Å². The zero-order valence-electron chi connectivity index (χ0n) is 16.2. The van der Waals surface area contributed by atoms with Gasteiger partial charge >= 0.3 is 0 Å². The smallest absolute Gasteiger partial charge is 0.255 e. The summed E-state index contributed by atoms with van der Waals surface area (Å²) in [6.07, 6.45) is 3.45. The number of nitrogens with one attached hydrogen (secondary N) is 1. The molecule has 9 heteroatoms. The third-order valence-corrected chi connectivity index (χ3v) is 6.11. The highest BCUT2D eigenvalue weighted by atomic mass is 32.2. The Morgan fingerprint density at radius 2 is 2.03 bits per heavy atom. The molecule has 0 saturated heterocycles. The molecule has 0 unspecified atom stereocenters. The number of hydrogen-bond acceptors (Lipinski definition) is 5. The van der Waals surface area contributed by atoms with Crippen LogP contribution in [0.3, 0.4) is 0 Å². The van der Waals surface area contributed by atoms with Gasteiger partial charge in [-0.25, -0.2) is 8.42 Å². The minimum Gasteiger partial charge on any atom is -0.322 e. The van der Waals surface area contributed by atoms with Crippen molar-refractivity contribution in [3.63, 3.8) is 0 Å². The van der Waals surface area contributed by atoms with Gasteiger partial charge in [0.1, 0.15) is 6.33 Å². The molecule has 0 fully saturated rings. The van der Waals surface area contributed by atoms with Crippen molar-refractivity contribution < 1.29 is 13.2 Å². The number of hydrogen-bond donors (Lipinski definition) is 1. The predicted molar refractivity (Wildman–Crippen MR) is 111 cm³/mol. The summed E-state index contributed by atoms with van der Waals surface area (Å²) in [5.41, 5.74) is 3.50. The second-order valence-corrected chi connectivity index (χ2v) is 8.81. The Hall–Kier alpha value is -3.20. The fourth-order valence-corrected chi connectivity index (χ4v) is 4.46. The molecule has 0 saturated carbocycles. The lowest BCUT2D eigenvalue weighted by atomic mass is 10.1. The van der Waals surface area contributed by atoms with Crippen LogP contribution in [0.2, 0.25) is 0 Å². The number of nitrogens with zero attached hydrogens (tertiary/aromatic N) is 4. The number of aryl methyl sites for hydroxylation is 1. The SMILES string of the molecule is CCn1cnnc1-c1cccc(NC(=O)c2ccc3c(c2)CCN3S(C)(=O)=O)c1. The second kappa shape index (κ2) is 7.32. The zero-order valence-corrected chi connectivity index (χ0v) is 17.0. The van der Waals surface area contributed by atoms with Gasteiger partial charge in [0, 0.05) is 29.9 Å². The third-order valence-electron chi connectivity index (χ3n) is 4.93. The Bertz CT molecular complexity index is 1190. The molecule has 150 valence electrons. The van der Waals surface area contributed by atoms with Crippen molar-refractivity contribution in [2.24, 2.45) is 0 Å². The average Bonchev–Trinajstić information content (AvgIpc) is 3.34. The predicted octanol–water partition coefficient (Wildman–Crippen LogP) is 2.54. The van der Waals surface area contributed by atoms with Crippen molar-refractivity contribution in [3.8, 4) is 11.4 Å². The van der Waals surface area contributed by atoms with Gasteiger partial charge in [0.15, 0.2) is 5.82 Å². The number of rotatable bonds is 5. The summed E-state index contributed by atoms with van der Waals surface area (Å²) in [4.78, 5) is 12.7. The van der Waals surface area contributed by atoms with Crippen LogP contribution >= 0.6 is 0 Å². The lowest BCUT2D eigenvalue weighted by Gasteiger charge is -2.16. The molecule has 0 radical (unpaired) electrons. The van der Waals surface area contributed by atoms with Crippen LogP contribution in [-0.2, 0) is 23.0 Å². The van der Waals surface area contributed by atoms with E-state index in [1.165, 1.54) is 10.6 Å². The van der Waals surface area contributed by atoms with E-state index < -0.39 is 10.0 Å². The van der Waals surface area contributed by atoms with Crippen molar-refractivity contribution in [2.45, 2.75) is 19.9 Å². The number of benzene rings is 2. The maximum absolute atomic E-state index is 12.7. The fraction of sp³-hybridized carbons (Fsp3) is 0.250. The number of anilines is 2. The molecule has 0 aliphatic carbocycles. The Morgan fingerprint density at radius 1 is 1.21 bits per heavy atom. The normalized spacial score (nSPS) is 13.4. The Morgan fingerprint density at radius 3 is 2.79 bits per heavy atom. The van der Waals surface area contributed by atoms with Crippen LogP contribution in [0, 0.1) is 0 Å². The zero-order chi connectivity index (χ0) is 20.6. The fourth-order valence-electron chi connectivity index (χ4n) is 3.51. The molecule has 2 heterocycles. The molecule has 1 N–H and O–H groups in total. The number of carbonyl (C=O) groups is 1. The maximum Gasteiger partial charge on any atom is 0.255 e. The number of carbonyl (C=O) groups excluding carboxylic acids is 1. The number of amides is 1. The van der Waals surface area contributed by atoms with Crippen molar-refractivity contribution in [1.82, 2.24) is 14.8 Å². The summed E-state index contributed by atoms with van der Waals surface area (Å²) < 4.78 is 27.0. The van der Waals surface area contributed by atoms with Gasteiger partial charge < -0.3 is 9.88 Å². The molecule has 4 rings (SSSR count). The van der Waals surface area contributed by atoms with E-state index in [0.717, 1.165) is 23.5 Å². The first-order valence-electron chi connectivity index (χ1n) is 9.27. The van der Waals surface area contributed by atoms with Crippen molar-refractivity contribution in [2.75, 3.05) is 22.4 Å². The van der Waals surface area contributed by atoms with Gasteiger partial charge in [-0.2, -0.15) is 0 Å². The van der Waals surface area contributed by atoms with E-state index in [1.807, 2.05) is 35.8 Å². The number of aromatic nitrogens is 3. The summed E-state index contributed by atoms with van der Waals surface area (Å²) in [6, 6.07) is 12.5. The van der Waals surface area contributed by atoms with Gasteiger partial charge in [-0.15, -0.1) is 10.2 Å². The van der Waals surface area contributed by atoms with Crippen molar-refractivity contribution in [1.29, 1.82) is 0 Å². The van der Waals surface area contributed by atoms with Crippen LogP contribution in [0.25, 0.3) is 11.4 Å². The molecule has 1 amide bonds. The van der Waals surface area contributed by atoms with Gasteiger partial charge in [-0.05, 0) is 49.2 Å². The molecule has 0 bridgehead atoms. The monoisotopic (exact) mass is 411 g/mol. The molecular formula is C20H21N5O3S. The van der Waals surface area contributed by atoms with Gasteiger partial charge in [0.05, 0.1) is 11.9 Å². The highest BCUT2D eigenvalue weighted by molar-refractivity contribution is 7.92. The van der Waals surface area contributed by atoms with Crippen LogP contribution in [0.15, 0.2) is 48.8 Å². The first-order chi connectivity index (χ1) is 13.9. The van der Waals surface area contributed by atoms with E-state index in [2.05, 4.69) is 15.5 Å². The van der Waals surface area contributed by atoms with Crippen LogP contribution in [-0.4, -0.2) is 41.9 Å². The molecule has 0 atom stereocenters. The average molecular weight is 411 g/mol. The summed E-state index contributed by atoms with van der Waals surface area (Å²) in [7, 11) is -3.31. The van der Waals surface area contributed by atoms with E-state index >= 15 is 0 Å². The quantitative estimate of drug-likeness (QED) is 0.696. The first kappa shape index (κ1) is 19.1. The minimum atomic E-state index is -3.31. The molecule has 1 aliphatic heterocycles. The molecule has 8 nitrogen and oxygen atoms in total. The molecule has 1 aliphatic rings. The highest BCUT2D eigenvalue weighted by Crippen LogP contribution is 2.31. The van der Waals surface area contributed by atoms with Gasteiger partial charge in [0.25, 0.3) is 5.91 Å². The molecule has 29 heavy (non-hydrogen) atoms. The molecule has 1 aromatic heterocycles. The topological polar surface area (TPSA) is 97.2 Å². The van der Waals surface area contributed by atoms with Gasteiger partial charge in [0.2, 0.25) is 10.0 Å². The van der Waals surface area contributed by atoms with Crippen LogP contribution in [0.5, 0.6) is 0 Å². The number of sulfonamides is 1. The molecular weight excluding hydrogens is 390 g/mol. The molecule has 3 aromatic rings. The summed E-state index contributed by atoms with van der Waals surface area (Å²) in [5.74, 6) is 0.488. The summed E-state index contributed by atoms with van der Waals surface area (Å²) in [5, 5.41) is 11.0. The summed E-state index contributed by atoms with van der Waals surface area (Å²) in [6.45, 7) is 3.16. The lowest BCUT2D eigenvalue weighted by Crippen LogP contribution is -2.27. The van der Waals surface area contributed by atoms with Crippen LogP contribution in [0.1, 0.15) is 22.8 Å². The third kappa shape index (κ3) is 3.73. The molecule has 0 spiro atoms. The Labute approximate surface area is 169 Å². The van der Waals surface area contributed by atoms with E-state index in [1.54, 1.807) is 24.5 Å². The number of fused-ring (bicyclic) bond motifs is 1. The maximum atomic E-state index is 12.7. The van der Waals surface area contributed by atoms with Gasteiger partial charge in [-0.1, -0.05) is 12.1 Å². The largest absolute Gasteiger partial charge is 0.322 e. The second-order valence-electron chi connectivity index (χ2n) is 6.90. The minimum absolute atomic E-state index is 0.250. The summed E-state index contributed by atoms with van der Waals surface area (Å²) >= 11 is 0. The van der Waals surface area contributed by atoms with E-state index in [4.69, 9.17) is 0 Å². The Balaban J connectivity index is 1.56.